The first-order valence-electron chi connectivity index (χ1n) is 13.1. The lowest BCUT2D eigenvalue weighted by Crippen LogP contribution is -2.31. The number of rotatable bonds is 7. The number of ether oxygens (including phenoxy) is 2. The number of cyclic esters (lactones) is 1. The van der Waals surface area contributed by atoms with Crippen molar-refractivity contribution in [2.24, 2.45) is 0 Å². The Morgan fingerprint density at radius 2 is 1.76 bits per heavy atom. The van der Waals surface area contributed by atoms with Gasteiger partial charge in [0.05, 0.1) is 30.3 Å². The number of nitrogens with zero attached hydrogens (tertiary/aromatic N) is 1. The molecule has 0 bridgehead atoms. The van der Waals surface area contributed by atoms with Gasteiger partial charge < -0.3 is 14.6 Å². The minimum Gasteiger partial charge on any atom is -0.496 e. The van der Waals surface area contributed by atoms with Crippen LogP contribution in [-0.4, -0.2) is 35.2 Å². The van der Waals surface area contributed by atoms with Crippen molar-refractivity contribution in [2.45, 2.75) is 39.5 Å². The summed E-state index contributed by atoms with van der Waals surface area (Å²) in [5.41, 5.74) is 7.17. The zero-order valence-electron chi connectivity index (χ0n) is 23.1. The highest BCUT2D eigenvalue weighted by Gasteiger charge is 2.40. The zero-order chi connectivity index (χ0) is 29.4. The molecule has 1 aliphatic heterocycles. The van der Waals surface area contributed by atoms with E-state index in [1.807, 2.05) is 63.2 Å². The molecule has 4 aromatic rings. The molecule has 0 spiro atoms. The van der Waals surface area contributed by atoms with Gasteiger partial charge in [0.1, 0.15) is 17.7 Å². The largest absolute Gasteiger partial charge is 0.496 e. The molecular weight excluding hydrogens is 545 g/mol. The molecule has 1 aliphatic rings. The van der Waals surface area contributed by atoms with Crippen LogP contribution in [-0.2, 0) is 11.3 Å². The summed E-state index contributed by atoms with van der Waals surface area (Å²) >= 11 is 6.00. The average Bonchev–Trinajstić information content (AvgIpc) is 3.22. The number of aromatic carboxylic acids is 1. The van der Waals surface area contributed by atoms with Crippen LogP contribution in [0.4, 0.5) is 9.18 Å². The van der Waals surface area contributed by atoms with Crippen LogP contribution < -0.4 is 4.74 Å². The molecule has 1 heterocycles. The Balaban J connectivity index is 1.52. The number of halogens is 2. The highest BCUT2D eigenvalue weighted by atomic mass is 35.5. The topological polar surface area (TPSA) is 76.1 Å². The van der Waals surface area contributed by atoms with Gasteiger partial charge in [-0.25, -0.2) is 14.0 Å². The molecule has 0 aromatic heterocycles. The number of carboxylic acids is 1. The fourth-order valence-electron chi connectivity index (χ4n) is 5.36. The predicted octanol–water partition coefficient (Wildman–Crippen LogP) is 8.22. The lowest BCUT2D eigenvalue weighted by Gasteiger charge is -2.23. The quantitative estimate of drug-likeness (QED) is 0.241. The number of carbonyl (C=O) groups excluding carboxylic acids is 1. The van der Waals surface area contributed by atoms with E-state index in [1.54, 1.807) is 30.2 Å². The Morgan fingerprint density at radius 1 is 1.00 bits per heavy atom. The molecule has 0 aliphatic carbocycles. The molecule has 1 N–H and O–H groups in total. The monoisotopic (exact) mass is 573 g/mol. The summed E-state index contributed by atoms with van der Waals surface area (Å²) in [6, 6.07) is 21.0. The van der Waals surface area contributed by atoms with Crippen LogP contribution in [0.25, 0.3) is 22.3 Å². The molecule has 210 valence electrons. The molecule has 2 atom stereocenters. The fourth-order valence-corrected chi connectivity index (χ4v) is 5.54. The van der Waals surface area contributed by atoms with Crippen LogP contribution in [0.15, 0.2) is 72.8 Å². The fraction of sp³-hybridized carbons (Fsp3) is 0.212. The lowest BCUT2D eigenvalue weighted by molar-refractivity contribution is 0.0696. The molecule has 4 aromatic carbocycles. The van der Waals surface area contributed by atoms with Crippen molar-refractivity contribution < 1.29 is 28.6 Å². The second-order valence-corrected chi connectivity index (χ2v) is 10.7. The van der Waals surface area contributed by atoms with E-state index in [4.69, 9.17) is 21.1 Å². The number of benzene rings is 4. The minimum atomic E-state index is -0.973. The summed E-state index contributed by atoms with van der Waals surface area (Å²) in [5.74, 6) is -0.841. The van der Waals surface area contributed by atoms with Gasteiger partial charge in [-0.15, -0.1) is 0 Å². The van der Waals surface area contributed by atoms with Gasteiger partial charge in [0.2, 0.25) is 0 Å². The number of methoxy groups -OCH3 is 1. The van der Waals surface area contributed by atoms with E-state index in [-0.39, 0.29) is 23.2 Å². The van der Waals surface area contributed by atoms with Crippen LogP contribution in [0.5, 0.6) is 5.75 Å². The number of hydrogen-bond acceptors (Lipinski definition) is 4. The van der Waals surface area contributed by atoms with Crippen LogP contribution in [0.3, 0.4) is 0 Å². The first-order valence-corrected chi connectivity index (χ1v) is 13.5. The number of carboxylic acid groups (broad SMARTS) is 1. The van der Waals surface area contributed by atoms with E-state index in [2.05, 4.69) is 0 Å². The highest BCUT2D eigenvalue weighted by molar-refractivity contribution is 6.30. The molecule has 0 saturated carbocycles. The van der Waals surface area contributed by atoms with Gasteiger partial charge in [-0.2, -0.15) is 0 Å². The summed E-state index contributed by atoms with van der Waals surface area (Å²) in [6.45, 7) is 6.05. The van der Waals surface area contributed by atoms with Gasteiger partial charge in [0.15, 0.2) is 0 Å². The normalized spacial score (nSPS) is 16.5. The van der Waals surface area contributed by atoms with Gasteiger partial charge in [-0.3, -0.25) is 4.90 Å². The van der Waals surface area contributed by atoms with E-state index in [1.165, 1.54) is 12.1 Å². The Labute approximate surface area is 242 Å². The van der Waals surface area contributed by atoms with Crippen molar-refractivity contribution in [3.63, 3.8) is 0 Å². The first kappa shape index (κ1) is 28.2. The average molecular weight is 574 g/mol. The second kappa shape index (κ2) is 11.3. The van der Waals surface area contributed by atoms with Gasteiger partial charge in [0.25, 0.3) is 0 Å². The van der Waals surface area contributed by atoms with E-state index in [9.17, 15) is 19.1 Å². The summed E-state index contributed by atoms with van der Waals surface area (Å²) in [5, 5.41) is 9.35. The van der Waals surface area contributed by atoms with E-state index in [0.29, 0.717) is 11.3 Å². The maximum absolute atomic E-state index is 13.8. The molecular formula is C33H29ClFNO5. The highest BCUT2D eigenvalue weighted by Crippen LogP contribution is 2.40. The summed E-state index contributed by atoms with van der Waals surface area (Å²) in [4.78, 5) is 26.2. The SMILES string of the molecule is COc1ccc(-c2ccc(C(=O)O)cc2C)cc1-c1ccc(C)cc1CN1C(=O)O[C@H](c2ccc(F)c(Cl)c2)[C@@H]1C. The van der Waals surface area contributed by atoms with E-state index < -0.39 is 24.0 Å². The predicted molar refractivity (Wildman–Crippen MR) is 156 cm³/mol. The van der Waals surface area contributed by atoms with Gasteiger partial charge >= 0.3 is 12.1 Å². The Hall–Kier alpha value is -4.36. The molecule has 6 nitrogen and oxygen atoms in total. The zero-order valence-corrected chi connectivity index (χ0v) is 23.8. The lowest BCUT2D eigenvalue weighted by atomic mass is 9.92. The van der Waals surface area contributed by atoms with E-state index >= 15 is 0 Å². The van der Waals surface area contributed by atoms with Crippen molar-refractivity contribution in [1.82, 2.24) is 4.90 Å². The first-order chi connectivity index (χ1) is 19.6. The molecule has 41 heavy (non-hydrogen) atoms. The molecule has 0 radical (unpaired) electrons. The van der Waals surface area contributed by atoms with Crippen molar-refractivity contribution in [3.05, 3.63) is 111 Å². The van der Waals surface area contributed by atoms with Crippen molar-refractivity contribution in [1.29, 1.82) is 0 Å². The van der Waals surface area contributed by atoms with Crippen molar-refractivity contribution in [2.75, 3.05) is 7.11 Å². The van der Waals surface area contributed by atoms with Crippen LogP contribution >= 0.6 is 11.6 Å². The standard InChI is InChI=1S/C33H29ClFNO5/c1-18-5-9-26(27-15-21(8-12-30(27)40-4)25-10-6-23(32(37)38)14-19(25)2)24(13-18)17-36-20(3)31(41-33(36)39)22-7-11-29(35)28(34)16-22/h5-16,20,31H,17H2,1-4H3,(H,37,38)/t20-,31-/m0/s1. The van der Waals surface area contributed by atoms with E-state index in [0.717, 1.165) is 38.9 Å². The number of hydrogen-bond donors (Lipinski definition) is 1. The minimum absolute atomic E-state index is 0.0232. The summed E-state index contributed by atoms with van der Waals surface area (Å²) in [7, 11) is 1.61. The molecule has 0 unspecified atom stereocenters. The maximum Gasteiger partial charge on any atom is 0.411 e. The second-order valence-electron chi connectivity index (χ2n) is 10.3. The third kappa shape index (κ3) is 5.50. The van der Waals surface area contributed by atoms with Gasteiger partial charge in [-0.05, 0) is 90.6 Å². The number of amides is 1. The van der Waals surface area contributed by atoms with Crippen LogP contribution in [0, 0.1) is 19.7 Å². The Bertz CT molecular complexity index is 1670. The van der Waals surface area contributed by atoms with Gasteiger partial charge in [-0.1, -0.05) is 53.6 Å². The molecule has 1 amide bonds. The van der Waals surface area contributed by atoms with Crippen molar-refractivity contribution in [3.8, 4) is 28.0 Å². The summed E-state index contributed by atoms with van der Waals surface area (Å²) < 4.78 is 25.2. The van der Waals surface area contributed by atoms with Crippen LogP contribution in [0.1, 0.15) is 45.6 Å². The molecule has 8 heteroatoms. The third-order valence-electron chi connectivity index (χ3n) is 7.54. The number of carbonyl (C=O) groups is 2. The van der Waals surface area contributed by atoms with Crippen molar-refractivity contribution >= 4 is 23.7 Å². The Kier molecular flexibility index (Phi) is 7.74. The molecule has 1 fully saturated rings. The Morgan fingerprint density at radius 3 is 2.44 bits per heavy atom. The number of aryl methyl sites for hydroxylation is 2. The maximum atomic E-state index is 13.8. The molecule has 1 saturated heterocycles. The summed E-state index contributed by atoms with van der Waals surface area (Å²) in [6.07, 6.45) is -1.06. The van der Waals surface area contributed by atoms with Gasteiger partial charge in [0, 0.05) is 5.56 Å². The van der Waals surface area contributed by atoms with Crippen LogP contribution in [0.2, 0.25) is 5.02 Å². The smallest absolute Gasteiger partial charge is 0.411 e. The molecule has 5 rings (SSSR count). The third-order valence-corrected chi connectivity index (χ3v) is 7.83.